The summed E-state index contributed by atoms with van der Waals surface area (Å²) in [5.41, 5.74) is -0.0850. The Morgan fingerprint density at radius 1 is 1.00 bits per heavy atom. The molecule has 1 heterocycles. The van der Waals surface area contributed by atoms with Crippen LogP contribution >= 0.6 is 0 Å². The first-order valence-electron chi connectivity index (χ1n) is 15.2. The molecule has 41 heavy (non-hydrogen) atoms. The van der Waals surface area contributed by atoms with Gasteiger partial charge in [0.05, 0.1) is 5.41 Å². The molecule has 0 saturated heterocycles. The number of nitrogens with one attached hydrogen (secondary N) is 1. The summed E-state index contributed by atoms with van der Waals surface area (Å²) in [5, 5.41) is 7.35. The number of alkyl carbamates (subject to hydrolysis) is 1. The van der Waals surface area contributed by atoms with Gasteiger partial charge in [0.1, 0.15) is 11.2 Å². The molecule has 5 rings (SSSR count). The van der Waals surface area contributed by atoms with Crippen LogP contribution in [0.1, 0.15) is 116 Å². The first-order chi connectivity index (χ1) is 19.3. The average Bonchev–Trinajstić information content (AvgIpc) is 3.81. The molecule has 3 fully saturated rings. The molecule has 9 heteroatoms. The second kappa shape index (κ2) is 11.3. The van der Waals surface area contributed by atoms with Crippen molar-refractivity contribution in [1.82, 2.24) is 20.4 Å². The molecule has 2 atom stereocenters. The van der Waals surface area contributed by atoms with Gasteiger partial charge in [0.2, 0.25) is 5.89 Å². The van der Waals surface area contributed by atoms with Crippen molar-refractivity contribution in [2.45, 2.75) is 121 Å². The third-order valence-electron chi connectivity index (χ3n) is 8.39. The van der Waals surface area contributed by atoms with Crippen molar-refractivity contribution in [3.05, 3.63) is 47.6 Å². The molecule has 0 unspecified atom stereocenters. The van der Waals surface area contributed by atoms with Crippen molar-refractivity contribution < 1.29 is 23.6 Å². The molecule has 2 amide bonds. The number of carbonyl (C=O) groups is 2. The lowest BCUT2D eigenvalue weighted by Gasteiger charge is -2.30. The maximum Gasteiger partial charge on any atom is 0.410 e. The van der Waals surface area contributed by atoms with Gasteiger partial charge in [0, 0.05) is 31.0 Å². The van der Waals surface area contributed by atoms with E-state index in [9.17, 15) is 9.59 Å². The van der Waals surface area contributed by atoms with Crippen LogP contribution in [0.4, 0.5) is 9.59 Å². The van der Waals surface area contributed by atoms with Gasteiger partial charge in [-0.3, -0.25) is 0 Å². The number of rotatable bonds is 8. The lowest BCUT2D eigenvalue weighted by atomic mass is 9.82. The molecule has 1 aromatic carbocycles. The van der Waals surface area contributed by atoms with Crippen LogP contribution in [-0.4, -0.2) is 57.6 Å². The van der Waals surface area contributed by atoms with E-state index in [2.05, 4.69) is 34.7 Å². The van der Waals surface area contributed by atoms with Crippen molar-refractivity contribution >= 4 is 12.2 Å². The fraction of sp³-hybridized carbons (Fsp3) is 0.688. The summed E-state index contributed by atoms with van der Waals surface area (Å²) in [5.74, 6) is 2.36. The molecule has 3 aliphatic rings. The first kappa shape index (κ1) is 29.4. The zero-order chi connectivity index (χ0) is 29.4. The highest BCUT2D eigenvalue weighted by Gasteiger charge is 2.55. The van der Waals surface area contributed by atoms with Gasteiger partial charge in [-0.1, -0.05) is 35.5 Å². The molecule has 2 aromatic rings. The lowest BCUT2D eigenvalue weighted by molar-refractivity contribution is 0.0208. The predicted molar refractivity (Wildman–Crippen MR) is 155 cm³/mol. The maximum atomic E-state index is 13.4. The minimum atomic E-state index is -0.566. The average molecular weight is 567 g/mol. The summed E-state index contributed by atoms with van der Waals surface area (Å²) < 4.78 is 17.0. The van der Waals surface area contributed by atoms with Crippen LogP contribution in [0, 0.1) is 5.92 Å². The van der Waals surface area contributed by atoms with Crippen molar-refractivity contribution in [2.24, 2.45) is 5.92 Å². The molecule has 1 aromatic heterocycles. The molecule has 0 spiro atoms. The van der Waals surface area contributed by atoms with Crippen LogP contribution < -0.4 is 5.32 Å². The largest absolute Gasteiger partial charge is 0.444 e. The van der Waals surface area contributed by atoms with Gasteiger partial charge in [-0.2, -0.15) is 4.98 Å². The maximum absolute atomic E-state index is 13.4. The van der Waals surface area contributed by atoms with Gasteiger partial charge in [-0.25, -0.2) is 9.59 Å². The third-order valence-corrected chi connectivity index (χ3v) is 8.39. The molecular weight excluding hydrogens is 520 g/mol. The predicted octanol–water partition coefficient (Wildman–Crippen LogP) is 6.69. The highest BCUT2D eigenvalue weighted by molar-refractivity contribution is 5.70. The van der Waals surface area contributed by atoms with Gasteiger partial charge < -0.3 is 24.2 Å². The quantitative estimate of drug-likeness (QED) is 0.379. The van der Waals surface area contributed by atoms with E-state index < -0.39 is 11.2 Å². The van der Waals surface area contributed by atoms with Crippen LogP contribution in [0.5, 0.6) is 0 Å². The van der Waals surface area contributed by atoms with Gasteiger partial charge in [-0.15, -0.1) is 0 Å². The fourth-order valence-electron chi connectivity index (χ4n) is 5.92. The van der Waals surface area contributed by atoms with Gasteiger partial charge in [0.25, 0.3) is 0 Å². The van der Waals surface area contributed by atoms with E-state index in [4.69, 9.17) is 19.0 Å². The van der Waals surface area contributed by atoms with E-state index in [1.54, 1.807) is 0 Å². The Kier molecular flexibility index (Phi) is 8.09. The number of amides is 2. The number of hydrogen-bond donors (Lipinski definition) is 1. The highest BCUT2D eigenvalue weighted by Crippen LogP contribution is 2.52. The Morgan fingerprint density at radius 3 is 2.27 bits per heavy atom. The monoisotopic (exact) mass is 566 g/mol. The van der Waals surface area contributed by atoms with Crippen molar-refractivity contribution in [2.75, 3.05) is 13.1 Å². The summed E-state index contributed by atoms with van der Waals surface area (Å²) in [7, 11) is 0. The second-order valence-electron chi connectivity index (χ2n) is 14.3. The third kappa shape index (κ3) is 7.60. The zero-order valence-corrected chi connectivity index (χ0v) is 25.4. The molecule has 0 radical (unpaired) electrons. The topological polar surface area (TPSA) is 107 Å². The van der Waals surface area contributed by atoms with E-state index in [0.717, 1.165) is 44.9 Å². The SMILES string of the molecule is CC(C)(C)OC(=O)NC[C@H]1CC[C@H](c2nc(C3(CN(C(=O)OC(C)(C)C)[C@@H]4C[C@H]4c4ccccc4)CC3)no2)CC1. The van der Waals surface area contributed by atoms with Crippen molar-refractivity contribution in [1.29, 1.82) is 0 Å². The molecule has 224 valence electrons. The zero-order valence-electron chi connectivity index (χ0n) is 25.4. The molecule has 3 aliphatic carbocycles. The lowest BCUT2D eigenvalue weighted by Crippen LogP contribution is -2.43. The van der Waals surface area contributed by atoms with Crippen molar-refractivity contribution in [3.63, 3.8) is 0 Å². The Morgan fingerprint density at radius 2 is 1.66 bits per heavy atom. The van der Waals surface area contributed by atoms with E-state index in [0.29, 0.717) is 36.6 Å². The second-order valence-corrected chi connectivity index (χ2v) is 14.3. The number of hydrogen-bond acceptors (Lipinski definition) is 7. The molecule has 9 nitrogen and oxygen atoms in total. The summed E-state index contributed by atoms with van der Waals surface area (Å²) in [6.07, 6.45) is 6.01. The number of carbonyl (C=O) groups excluding carboxylic acids is 2. The molecule has 3 saturated carbocycles. The van der Waals surface area contributed by atoms with E-state index in [1.807, 2.05) is 52.5 Å². The normalized spacial score (nSPS) is 25.2. The standard InChI is InChI=1S/C32H46N4O5/c1-30(2,3)39-28(37)33-19-21-12-14-23(15-13-21)26-34-27(35-41-26)32(16-17-32)20-36(29(38)40-31(4,5)6)25-18-24(25)22-10-8-7-9-11-22/h7-11,21,23-25H,12-20H2,1-6H3,(H,33,37)/t21-,23-,24-,25+/m0/s1. The summed E-state index contributed by atoms with van der Waals surface area (Å²) in [6.45, 7) is 12.5. The van der Waals surface area contributed by atoms with Gasteiger partial charge >= 0.3 is 12.2 Å². The van der Waals surface area contributed by atoms with Crippen LogP contribution in [0.2, 0.25) is 0 Å². The van der Waals surface area contributed by atoms with Crippen LogP contribution in [0.15, 0.2) is 34.9 Å². The minimum absolute atomic E-state index is 0.112. The highest BCUT2D eigenvalue weighted by atomic mass is 16.6. The van der Waals surface area contributed by atoms with Gasteiger partial charge in [-0.05, 0) is 98.0 Å². The summed E-state index contributed by atoms with van der Waals surface area (Å²) >= 11 is 0. The van der Waals surface area contributed by atoms with E-state index >= 15 is 0 Å². The van der Waals surface area contributed by atoms with Crippen molar-refractivity contribution in [3.8, 4) is 0 Å². The summed E-state index contributed by atoms with van der Waals surface area (Å²) in [4.78, 5) is 32.3. The van der Waals surface area contributed by atoms with Crippen LogP contribution in [0.3, 0.4) is 0 Å². The first-order valence-corrected chi connectivity index (χ1v) is 15.2. The molecular formula is C32H46N4O5. The Bertz CT molecular complexity index is 1200. The Balaban J connectivity index is 1.19. The number of aromatic nitrogens is 2. The fourth-order valence-corrected chi connectivity index (χ4v) is 5.92. The number of nitrogens with zero attached hydrogens (tertiary/aromatic N) is 3. The smallest absolute Gasteiger partial charge is 0.410 e. The molecule has 0 bridgehead atoms. The van der Waals surface area contributed by atoms with Crippen LogP contribution in [0.25, 0.3) is 0 Å². The number of ether oxygens (including phenoxy) is 2. The molecule has 1 N–H and O–H groups in total. The van der Waals surface area contributed by atoms with E-state index in [1.165, 1.54) is 5.56 Å². The molecule has 0 aliphatic heterocycles. The van der Waals surface area contributed by atoms with Crippen LogP contribution in [-0.2, 0) is 14.9 Å². The number of benzene rings is 1. The van der Waals surface area contributed by atoms with E-state index in [-0.39, 0.29) is 29.6 Å². The van der Waals surface area contributed by atoms with Gasteiger partial charge in [0.15, 0.2) is 5.82 Å². The Labute approximate surface area is 243 Å². The Hall–Kier alpha value is -3.10. The minimum Gasteiger partial charge on any atom is -0.444 e. The summed E-state index contributed by atoms with van der Waals surface area (Å²) in [6, 6.07) is 10.5.